The van der Waals surface area contributed by atoms with Crippen LogP contribution in [0, 0.1) is 11.3 Å². The Balaban J connectivity index is 2.24. The summed E-state index contributed by atoms with van der Waals surface area (Å²) in [6, 6.07) is 5.99. The van der Waals surface area contributed by atoms with E-state index in [1.165, 1.54) is 0 Å². The summed E-state index contributed by atoms with van der Waals surface area (Å²) in [7, 11) is 0. The van der Waals surface area contributed by atoms with E-state index < -0.39 is 5.41 Å². The van der Waals surface area contributed by atoms with Crippen molar-refractivity contribution in [3.63, 3.8) is 0 Å². The Morgan fingerprint density at radius 2 is 2.06 bits per heavy atom. The van der Waals surface area contributed by atoms with Crippen LogP contribution in [0.4, 0.5) is 5.69 Å². The molecule has 1 saturated carbocycles. The molecule has 0 bridgehead atoms. The Hall–Kier alpha value is -1.82. The molecule has 3 heteroatoms. The van der Waals surface area contributed by atoms with Gasteiger partial charge in [0.1, 0.15) is 11.9 Å². The number of aryl methyl sites for hydroxylation is 1. The highest BCUT2D eigenvalue weighted by molar-refractivity contribution is 5.93. The molecular formula is C15H16N2O. The van der Waals surface area contributed by atoms with E-state index in [4.69, 9.17) is 5.73 Å². The molecular weight excluding hydrogens is 224 g/mol. The SMILES string of the molecule is N#Cc1c(N)ccc2c1C1(CCCCC1=O)CC2. The zero-order chi connectivity index (χ0) is 12.8. The maximum Gasteiger partial charge on any atom is 0.143 e. The number of nitriles is 1. The summed E-state index contributed by atoms with van der Waals surface area (Å²) in [6.45, 7) is 0. The molecule has 0 aliphatic heterocycles. The molecule has 1 aromatic carbocycles. The smallest absolute Gasteiger partial charge is 0.143 e. The molecule has 0 aromatic heterocycles. The van der Waals surface area contributed by atoms with Crippen molar-refractivity contribution in [2.75, 3.05) is 5.73 Å². The molecule has 2 N–H and O–H groups in total. The lowest BCUT2D eigenvalue weighted by atomic mass is 9.68. The Labute approximate surface area is 107 Å². The molecule has 0 heterocycles. The molecule has 1 unspecified atom stereocenters. The van der Waals surface area contributed by atoms with Crippen molar-refractivity contribution in [2.24, 2.45) is 0 Å². The van der Waals surface area contributed by atoms with Gasteiger partial charge in [-0.05, 0) is 42.9 Å². The molecule has 2 aliphatic carbocycles. The van der Waals surface area contributed by atoms with Crippen molar-refractivity contribution < 1.29 is 4.79 Å². The largest absolute Gasteiger partial charge is 0.398 e. The van der Waals surface area contributed by atoms with Crippen LogP contribution in [0.3, 0.4) is 0 Å². The first-order valence-electron chi connectivity index (χ1n) is 6.54. The minimum Gasteiger partial charge on any atom is -0.398 e. The first kappa shape index (κ1) is 11.3. The molecule has 0 saturated heterocycles. The first-order valence-corrected chi connectivity index (χ1v) is 6.54. The molecule has 92 valence electrons. The number of carbonyl (C=O) groups excluding carboxylic acids is 1. The number of rotatable bonds is 0. The van der Waals surface area contributed by atoms with Gasteiger partial charge in [0, 0.05) is 12.1 Å². The van der Waals surface area contributed by atoms with Gasteiger partial charge in [-0.1, -0.05) is 12.5 Å². The first-order chi connectivity index (χ1) is 8.69. The average molecular weight is 240 g/mol. The Kier molecular flexibility index (Phi) is 2.41. The van der Waals surface area contributed by atoms with Crippen molar-refractivity contribution >= 4 is 11.5 Å². The van der Waals surface area contributed by atoms with Crippen molar-refractivity contribution in [2.45, 2.75) is 43.9 Å². The van der Waals surface area contributed by atoms with Crippen molar-refractivity contribution in [3.05, 3.63) is 28.8 Å². The lowest BCUT2D eigenvalue weighted by Crippen LogP contribution is -2.37. The second kappa shape index (κ2) is 3.84. The Bertz CT molecular complexity index is 567. The minimum atomic E-state index is -0.395. The number of hydrogen-bond acceptors (Lipinski definition) is 3. The second-order valence-electron chi connectivity index (χ2n) is 5.39. The number of ketones is 1. The number of carbonyl (C=O) groups is 1. The van der Waals surface area contributed by atoms with Gasteiger partial charge >= 0.3 is 0 Å². The standard InChI is InChI=1S/C15H16N2O/c16-9-11-12(17)5-4-10-6-8-15(14(10)11)7-2-1-3-13(15)18/h4-5H,1-3,6-8,17H2. The molecule has 2 aliphatic rings. The van der Waals surface area contributed by atoms with Gasteiger partial charge in [-0.15, -0.1) is 0 Å². The number of nitrogens with two attached hydrogens (primary N) is 1. The Morgan fingerprint density at radius 1 is 1.22 bits per heavy atom. The average Bonchev–Trinajstić information content (AvgIpc) is 2.74. The molecule has 1 atom stereocenters. The third-order valence-corrected chi connectivity index (χ3v) is 4.53. The van der Waals surface area contributed by atoms with Crippen LogP contribution in [0.1, 0.15) is 48.8 Å². The summed E-state index contributed by atoms with van der Waals surface area (Å²) in [4.78, 5) is 12.4. The lowest BCUT2D eigenvalue weighted by Gasteiger charge is -2.33. The molecule has 3 rings (SSSR count). The summed E-state index contributed by atoms with van der Waals surface area (Å²) in [6.07, 6.45) is 5.36. The predicted octanol–water partition coefficient (Wildman–Crippen LogP) is 2.47. The van der Waals surface area contributed by atoms with Crippen LogP contribution >= 0.6 is 0 Å². The normalized spacial score (nSPS) is 26.1. The number of Topliss-reactive ketones (excluding diaryl/α,β-unsaturated/α-hetero) is 1. The highest BCUT2D eigenvalue weighted by Gasteiger charge is 2.47. The maximum atomic E-state index is 12.4. The summed E-state index contributed by atoms with van der Waals surface area (Å²) in [5.41, 5.74) is 8.67. The number of nitrogen functional groups attached to an aromatic ring is 1. The van der Waals surface area contributed by atoms with Crippen molar-refractivity contribution in [1.29, 1.82) is 5.26 Å². The van der Waals surface area contributed by atoms with Gasteiger partial charge in [-0.3, -0.25) is 4.79 Å². The fraction of sp³-hybridized carbons (Fsp3) is 0.467. The predicted molar refractivity (Wildman–Crippen MR) is 69.0 cm³/mol. The molecule has 3 nitrogen and oxygen atoms in total. The van der Waals surface area contributed by atoms with Gasteiger partial charge in [-0.25, -0.2) is 0 Å². The second-order valence-corrected chi connectivity index (χ2v) is 5.39. The van der Waals surface area contributed by atoms with Gasteiger partial charge in [0.2, 0.25) is 0 Å². The van der Waals surface area contributed by atoms with Crippen LogP contribution in [0.5, 0.6) is 0 Å². The van der Waals surface area contributed by atoms with Crippen LogP contribution in [-0.4, -0.2) is 5.78 Å². The summed E-state index contributed by atoms with van der Waals surface area (Å²) in [5.74, 6) is 0.314. The van der Waals surface area contributed by atoms with Crippen molar-refractivity contribution in [3.8, 4) is 6.07 Å². The Morgan fingerprint density at radius 3 is 2.78 bits per heavy atom. The topological polar surface area (TPSA) is 66.9 Å². The third-order valence-electron chi connectivity index (χ3n) is 4.53. The van der Waals surface area contributed by atoms with E-state index in [9.17, 15) is 10.1 Å². The number of anilines is 1. The fourth-order valence-electron chi connectivity index (χ4n) is 3.63. The van der Waals surface area contributed by atoms with Gasteiger partial charge in [0.15, 0.2) is 0 Å². The number of fused-ring (bicyclic) bond motifs is 2. The van der Waals surface area contributed by atoms with E-state index in [0.717, 1.165) is 43.2 Å². The molecule has 1 spiro atoms. The highest BCUT2D eigenvalue weighted by Crippen LogP contribution is 2.49. The van der Waals surface area contributed by atoms with Crippen LogP contribution in [-0.2, 0) is 16.6 Å². The van der Waals surface area contributed by atoms with Crippen LogP contribution in [0.2, 0.25) is 0 Å². The molecule has 18 heavy (non-hydrogen) atoms. The van der Waals surface area contributed by atoms with E-state index in [2.05, 4.69) is 6.07 Å². The van der Waals surface area contributed by atoms with Gasteiger partial charge in [0.25, 0.3) is 0 Å². The highest BCUT2D eigenvalue weighted by atomic mass is 16.1. The number of hydrogen-bond donors (Lipinski definition) is 1. The molecule has 1 fully saturated rings. The van der Waals surface area contributed by atoms with E-state index in [0.29, 0.717) is 23.5 Å². The molecule has 1 aromatic rings. The monoisotopic (exact) mass is 240 g/mol. The van der Waals surface area contributed by atoms with E-state index in [-0.39, 0.29) is 0 Å². The van der Waals surface area contributed by atoms with Crippen molar-refractivity contribution in [1.82, 2.24) is 0 Å². The summed E-state index contributed by atoms with van der Waals surface area (Å²) < 4.78 is 0. The number of nitrogens with zero attached hydrogens (tertiary/aromatic N) is 1. The van der Waals surface area contributed by atoms with Crippen LogP contribution in [0.15, 0.2) is 12.1 Å². The summed E-state index contributed by atoms with van der Waals surface area (Å²) >= 11 is 0. The van der Waals surface area contributed by atoms with Gasteiger partial charge in [-0.2, -0.15) is 5.26 Å². The zero-order valence-electron chi connectivity index (χ0n) is 10.3. The van der Waals surface area contributed by atoms with Gasteiger partial charge in [0.05, 0.1) is 11.0 Å². The fourth-order valence-corrected chi connectivity index (χ4v) is 3.63. The van der Waals surface area contributed by atoms with Crippen LogP contribution < -0.4 is 5.73 Å². The minimum absolute atomic E-state index is 0.314. The maximum absolute atomic E-state index is 12.4. The number of benzene rings is 1. The van der Waals surface area contributed by atoms with E-state index >= 15 is 0 Å². The quantitative estimate of drug-likeness (QED) is 0.708. The van der Waals surface area contributed by atoms with Gasteiger partial charge < -0.3 is 5.73 Å². The molecule has 0 amide bonds. The summed E-state index contributed by atoms with van der Waals surface area (Å²) in [5, 5.41) is 9.34. The molecule has 0 radical (unpaired) electrons. The lowest BCUT2D eigenvalue weighted by molar-refractivity contribution is -0.126. The van der Waals surface area contributed by atoms with Crippen LogP contribution in [0.25, 0.3) is 0 Å². The van der Waals surface area contributed by atoms with E-state index in [1.54, 1.807) is 6.07 Å². The third kappa shape index (κ3) is 1.32. The zero-order valence-corrected chi connectivity index (χ0v) is 10.3. The van der Waals surface area contributed by atoms with E-state index in [1.807, 2.05) is 6.07 Å².